The van der Waals surface area contributed by atoms with Crippen LogP contribution in [0, 0.1) is 13.8 Å². The molecule has 1 aliphatic rings. The topological polar surface area (TPSA) is 47.6 Å². The van der Waals surface area contributed by atoms with E-state index in [2.05, 4.69) is 5.32 Å². The molecule has 1 fully saturated rings. The van der Waals surface area contributed by atoms with Crippen LogP contribution in [0.5, 0.6) is 5.75 Å². The van der Waals surface area contributed by atoms with Crippen molar-refractivity contribution in [3.63, 3.8) is 0 Å². The van der Waals surface area contributed by atoms with Gasteiger partial charge in [-0.3, -0.25) is 4.79 Å². The van der Waals surface area contributed by atoms with Gasteiger partial charge < -0.3 is 14.8 Å². The monoisotopic (exact) mass is 291 g/mol. The minimum absolute atomic E-state index is 0.0366. The first-order chi connectivity index (χ1) is 10.0. The summed E-state index contributed by atoms with van der Waals surface area (Å²) in [7, 11) is 1.62. The van der Waals surface area contributed by atoms with Gasteiger partial charge in [0.25, 0.3) is 5.91 Å². The predicted octanol–water partition coefficient (Wildman–Crippen LogP) is 3.60. The first-order valence-corrected chi connectivity index (χ1v) is 7.63. The quantitative estimate of drug-likeness (QED) is 0.901. The fraction of sp³-hybridized carbons (Fsp3) is 0.588. The van der Waals surface area contributed by atoms with Gasteiger partial charge in [0.05, 0.1) is 6.61 Å². The van der Waals surface area contributed by atoms with Gasteiger partial charge in [0, 0.05) is 12.8 Å². The highest BCUT2D eigenvalue weighted by Gasteiger charge is 2.41. The Morgan fingerprint density at radius 1 is 1.24 bits per heavy atom. The van der Waals surface area contributed by atoms with Crippen molar-refractivity contribution in [3.05, 3.63) is 23.3 Å². The van der Waals surface area contributed by atoms with E-state index in [4.69, 9.17) is 9.47 Å². The molecule has 0 radical (unpaired) electrons. The minimum Gasteiger partial charge on any atom is -0.493 e. The van der Waals surface area contributed by atoms with E-state index >= 15 is 0 Å². The lowest BCUT2D eigenvalue weighted by Crippen LogP contribution is -2.42. The van der Waals surface area contributed by atoms with Gasteiger partial charge >= 0.3 is 0 Å². The third-order valence-corrected chi connectivity index (χ3v) is 4.22. The molecule has 1 amide bonds. The number of hydrogen-bond acceptors (Lipinski definition) is 3. The molecule has 4 nitrogen and oxygen atoms in total. The number of carbonyl (C=O) groups is 1. The van der Waals surface area contributed by atoms with Gasteiger partial charge in [0.15, 0.2) is 0 Å². The number of amides is 1. The van der Waals surface area contributed by atoms with E-state index in [9.17, 15) is 4.79 Å². The minimum atomic E-state index is -0.652. The summed E-state index contributed by atoms with van der Waals surface area (Å²) < 4.78 is 11.1. The van der Waals surface area contributed by atoms with Gasteiger partial charge in [-0.25, -0.2) is 0 Å². The van der Waals surface area contributed by atoms with E-state index in [1.54, 1.807) is 7.11 Å². The number of rotatable bonds is 5. The molecule has 4 heteroatoms. The van der Waals surface area contributed by atoms with Crippen LogP contribution in [0.2, 0.25) is 0 Å². The third-order valence-electron chi connectivity index (χ3n) is 4.22. The molecule has 1 saturated carbocycles. The lowest BCUT2D eigenvalue weighted by molar-refractivity contribution is -0.136. The number of carbonyl (C=O) groups excluding carboxylic acids is 1. The SMILES string of the molecule is CCOc1c(C)cc(NC(=O)C2(OC)CCCC2)cc1C. The van der Waals surface area contributed by atoms with Crippen LogP contribution in [0.4, 0.5) is 5.69 Å². The van der Waals surface area contributed by atoms with E-state index < -0.39 is 5.60 Å². The molecular weight excluding hydrogens is 266 g/mol. The average molecular weight is 291 g/mol. The number of aryl methyl sites for hydroxylation is 2. The van der Waals surface area contributed by atoms with Crippen molar-refractivity contribution in [1.82, 2.24) is 0 Å². The largest absolute Gasteiger partial charge is 0.493 e. The average Bonchev–Trinajstić information content (AvgIpc) is 2.93. The van der Waals surface area contributed by atoms with Crippen LogP contribution in [-0.2, 0) is 9.53 Å². The number of anilines is 1. The number of methoxy groups -OCH3 is 1. The van der Waals surface area contributed by atoms with Gasteiger partial charge in [-0.1, -0.05) is 0 Å². The summed E-state index contributed by atoms with van der Waals surface area (Å²) in [6, 6.07) is 3.91. The summed E-state index contributed by atoms with van der Waals surface area (Å²) in [6.45, 7) is 6.60. The van der Waals surface area contributed by atoms with Crippen molar-refractivity contribution in [2.24, 2.45) is 0 Å². The number of nitrogens with one attached hydrogen (secondary N) is 1. The molecule has 1 aromatic carbocycles. The van der Waals surface area contributed by atoms with E-state index in [1.807, 2.05) is 32.9 Å². The molecule has 1 aliphatic carbocycles. The molecule has 116 valence electrons. The van der Waals surface area contributed by atoms with Gasteiger partial charge in [-0.05, 0) is 69.7 Å². The summed E-state index contributed by atoms with van der Waals surface area (Å²) in [5.41, 5.74) is 2.22. The van der Waals surface area contributed by atoms with Gasteiger partial charge in [0.1, 0.15) is 11.4 Å². The van der Waals surface area contributed by atoms with Crippen LogP contribution in [0.1, 0.15) is 43.7 Å². The Morgan fingerprint density at radius 3 is 2.29 bits per heavy atom. The van der Waals surface area contributed by atoms with E-state index in [0.717, 1.165) is 48.2 Å². The Kier molecular flexibility index (Phi) is 4.88. The normalized spacial score (nSPS) is 16.8. The molecule has 0 unspecified atom stereocenters. The van der Waals surface area contributed by atoms with Crippen molar-refractivity contribution in [2.45, 2.75) is 52.1 Å². The summed E-state index contributed by atoms with van der Waals surface area (Å²) in [6.07, 6.45) is 3.68. The Morgan fingerprint density at radius 2 is 1.81 bits per heavy atom. The zero-order valence-electron chi connectivity index (χ0n) is 13.4. The van der Waals surface area contributed by atoms with Crippen LogP contribution in [-0.4, -0.2) is 25.2 Å². The second kappa shape index (κ2) is 6.48. The predicted molar refractivity (Wildman–Crippen MR) is 83.9 cm³/mol. The summed E-state index contributed by atoms with van der Waals surface area (Å²) in [5, 5.41) is 3.01. The van der Waals surface area contributed by atoms with Gasteiger partial charge in [-0.2, -0.15) is 0 Å². The van der Waals surface area contributed by atoms with Crippen LogP contribution >= 0.6 is 0 Å². The van der Waals surface area contributed by atoms with Crippen molar-refractivity contribution in [2.75, 3.05) is 19.0 Å². The first kappa shape index (κ1) is 15.8. The smallest absolute Gasteiger partial charge is 0.256 e. The Bertz CT molecular complexity index is 496. The lowest BCUT2D eigenvalue weighted by atomic mass is 10.0. The second-order valence-corrected chi connectivity index (χ2v) is 5.73. The molecule has 0 spiro atoms. The Balaban J connectivity index is 2.18. The molecule has 0 atom stereocenters. The Labute approximate surface area is 126 Å². The number of ether oxygens (including phenoxy) is 2. The van der Waals surface area contributed by atoms with E-state index in [1.165, 1.54) is 0 Å². The summed E-state index contributed by atoms with van der Waals surface area (Å²) >= 11 is 0. The van der Waals surface area contributed by atoms with Crippen LogP contribution in [0.3, 0.4) is 0 Å². The zero-order valence-corrected chi connectivity index (χ0v) is 13.4. The summed E-state index contributed by atoms with van der Waals surface area (Å²) in [5.74, 6) is 0.864. The second-order valence-electron chi connectivity index (χ2n) is 5.73. The molecule has 0 bridgehead atoms. The van der Waals surface area contributed by atoms with Crippen molar-refractivity contribution in [3.8, 4) is 5.75 Å². The van der Waals surface area contributed by atoms with Crippen molar-refractivity contribution in [1.29, 1.82) is 0 Å². The molecular formula is C17H25NO3. The van der Waals surface area contributed by atoms with Crippen LogP contribution in [0.25, 0.3) is 0 Å². The van der Waals surface area contributed by atoms with Gasteiger partial charge in [0.2, 0.25) is 0 Å². The van der Waals surface area contributed by atoms with Crippen molar-refractivity contribution >= 4 is 11.6 Å². The maximum atomic E-state index is 12.5. The number of hydrogen-bond donors (Lipinski definition) is 1. The highest BCUT2D eigenvalue weighted by molar-refractivity contribution is 5.97. The molecule has 1 N–H and O–H groups in total. The van der Waals surface area contributed by atoms with E-state index in [-0.39, 0.29) is 5.91 Å². The highest BCUT2D eigenvalue weighted by atomic mass is 16.5. The lowest BCUT2D eigenvalue weighted by Gasteiger charge is -2.26. The molecule has 0 saturated heterocycles. The fourth-order valence-corrected chi connectivity index (χ4v) is 3.11. The highest BCUT2D eigenvalue weighted by Crippen LogP contribution is 2.34. The van der Waals surface area contributed by atoms with Crippen LogP contribution < -0.4 is 10.1 Å². The van der Waals surface area contributed by atoms with Crippen molar-refractivity contribution < 1.29 is 14.3 Å². The van der Waals surface area contributed by atoms with Gasteiger partial charge in [-0.15, -0.1) is 0 Å². The first-order valence-electron chi connectivity index (χ1n) is 7.63. The zero-order chi connectivity index (χ0) is 15.5. The Hall–Kier alpha value is -1.55. The molecule has 21 heavy (non-hydrogen) atoms. The summed E-state index contributed by atoms with van der Waals surface area (Å²) in [4.78, 5) is 12.5. The van der Waals surface area contributed by atoms with Crippen LogP contribution in [0.15, 0.2) is 12.1 Å². The maximum absolute atomic E-state index is 12.5. The molecule has 0 heterocycles. The fourth-order valence-electron chi connectivity index (χ4n) is 3.11. The number of benzene rings is 1. The van der Waals surface area contributed by atoms with E-state index in [0.29, 0.717) is 6.61 Å². The standard InChI is InChI=1S/C17H25NO3/c1-5-21-15-12(2)10-14(11-13(15)3)18-16(19)17(20-4)8-6-7-9-17/h10-11H,5-9H2,1-4H3,(H,18,19). The molecule has 0 aliphatic heterocycles. The molecule has 2 rings (SSSR count). The third kappa shape index (κ3) is 3.21. The molecule has 0 aromatic heterocycles. The maximum Gasteiger partial charge on any atom is 0.256 e. The molecule has 1 aromatic rings.